The molecular weight excluding hydrogens is 379 g/mol. The Kier molecular flexibility index (Phi) is 5.30. The van der Waals surface area contributed by atoms with E-state index in [1.807, 2.05) is 6.92 Å². The van der Waals surface area contributed by atoms with Crippen molar-refractivity contribution in [3.63, 3.8) is 0 Å². The highest BCUT2D eigenvalue weighted by atomic mass is 35.5. The normalized spacial score (nSPS) is 19.2. The number of piperazine rings is 1. The number of nitrogens with zero attached hydrogens (tertiary/aromatic N) is 2. The second-order valence-corrected chi connectivity index (χ2v) is 9.07. The minimum Gasteiger partial charge on any atom is -0.366 e. The van der Waals surface area contributed by atoms with Crippen LogP contribution < -0.4 is 4.90 Å². The van der Waals surface area contributed by atoms with Gasteiger partial charge in [0, 0.05) is 31.4 Å². The second kappa shape index (κ2) is 7.16. The molecule has 134 valence electrons. The average molecular weight is 399 g/mol. The van der Waals surface area contributed by atoms with Crippen molar-refractivity contribution in [3.05, 3.63) is 58.1 Å². The van der Waals surface area contributed by atoms with E-state index in [-0.39, 0.29) is 16.0 Å². The highest BCUT2D eigenvalue weighted by molar-refractivity contribution is 7.89. The Balaban J connectivity index is 1.79. The van der Waals surface area contributed by atoms with Gasteiger partial charge in [-0.2, -0.15) is 4.31 Å². The van der Waals surface area contributed by atoms with E-state index < -0.39 is 10.0 Å². The highest BCUT2D eigenvalue weighted by Crippen LogP contribution is 2.28. The fraction of sp³-hybridized carbons (Fsp3) is 0.333. The Morgan fingerprint density at radius 1 is 1.00 bits per heavy atom. The van der Waals surface area contributed by atoms with E-state index >= 15 is 0 Å². The molecule has 1 fully saturated rings. The first-order valence-electron chi connectivity index (χ1n) is 8.07. The lowest BCUT2D eigenvalue weighted by Crippen LogP contribution is -2.53. The first-order valence-corrected chi connectivity index (χ1v) is 10.3. The zero-order chi connectivity index (χ0) is 18.2. The van der Waals surface area contributed by atoms with Crippen molar-refractivity contribution in [2.45, 2.75) is 24.8 Å². The minimum atomic E-state index is -3.58. The Morgan fingerprint density at radius 3 is 2.28 bits per heavy atom. The van der Waals surface area contributed by atoms with Crippen LogP contribution in [0.15, 0.2) is 47.4 Å². The Morgan fingerprint density at radius 2 is 1.68 bits per heavy atom. The molecule has 2 aromatic rings. The van der Waals surface area contributed by atoms with E-state index in [2.05, 4.69) is 36.1 Å². The summed E-state index contributed by atoms with van der Waals surface area (Å²) in [5.74, 6) is 0. The zero-order valence-corrected chi connectivity index (χ0v) is 16.4. The number of hydrogen-bond donors (Lipinski definition) is 0. The van der Waals surface area contributed by atoms with Gasteiger partial charge in [0.1, 0.15) is 0 Å². The third kappa shape index (κ3) is 3.80. The van der Waals surface area contributed by atoms with Gasteiger partial charge in [-0.3, -0.25) is 0 Å². The number of benzene rings is 2. The van der Waals surface area contributed by atoms with Gasteiger partial charge in [-0.1, -0.05) is 40.9 Å². The maximum atomic E-state index is 12.9. The van der Waals surface area contributed by atoms with Crippen LogP contribution in [0.2, 0.25) is 10.0 Å². The van der Waals surface area contributed by atoms with E-state index in [0.717, 1.165) is 5.69 Å². The van der Waals surface area contributed by atoms with Crippen LogP contribution in [0.1, 0.15) is 12.5 Å². The molecule has 4 nitrogen and oxygen atoms in total. The molecule has 1 atom stereocenters. The second-order valence-electron chi connectivity index (χ2n) is 6.32. The Hall–Kier alpha value is -1.27. The predicted molar refractivity (Wildman–Crippen MR) is 103 cm³/mol. The van der Waals surface area contributed by atoms with Crippen LogP contribution in [0.25, 0.3) is 0 Å². The summed E-state index contributed by atoms with van der Waals surface area (Å²) in [6.07, 6.45) is 0. The molecule has 0 N–H and O–H groups in total. The van der Waals surface area contributed by atoms with Crippen LogP contribution in [-0.2, 0) is 10.0 Å². The molecule has 0 bridgehead atoms. The molecule has 3 rings (SSSR count). The molecule has 1 unspecified atom stereocenters. The van der Waals surface area contributed by atoms with Crippen molar-refractivity contribution in [2.24, 2.45) is 0 Å². The van der Waals surface area contributed by atoms with Crippen molar-refractivity contribution in [1.29, 1.82) is 0 Å². The number of halogens is 2. The van der Waals surface area contributed by atoms with E-state index in [1.54, 1.807) is 0 Å². The lowest BCUT2D eigenvalue weighted by atomic mass is 10.1. The first-order chi connectivity index (χ1) is 11.8. The smallest absolute Gasteiger partial charge is 0.243 e. The first kappa shape index (κ1) is 18.5. The standard InChI is InChI=1S/C18H20Cl2N2O2S/c1-13-3-5-15(6-4-13)22-10-9-21(12-14(22)2)25(23,24)16-7-8-17(19)18(20)11-16/h3-8,11,14H,9-10,12H2,1-2H3. The summed E-state index contributed by atoms with van der Waals surface area (Å²) < 4.78 is 27.3. The van der Waals surface area contributed by atoms with Crippen LogP contribution in [-0.4, -0.2) is 38.4 Å². The average Bonchev–Trinajstić information content (AvgIpc) is 2.58. The summed E-state index contributed by atoms with van der Waals surface area (Å²) in [7, 11) is -3.58. The van der Waals surface area contributed by atoms with Crippen molar-refractivity contribution >= 4 is 38.9 Å². The lowest BCUT2D eigenvalue weighted by molar-refractivity contribution is 0.342. The SMILES string of the molecule is Cc1ccc(N2CCN(S(=O)(=O)c3ccc(Cl)c(Cl)c3)CC2C)cc1. The van der Waals surface area contributed by atoms with Gasteiger partial charge in [0.25, 0.3) is 0 Å². The van der Waals surface area contributed by atoms with E-state index in [4.69, 9.17) is 23.2 Å². The number of anilines is 1. The van der Waals surface area contributed by atoms with Gasteiger partial charge in [-0.15, -0.1) is 0 Å². The fourth-order valence-corrected chi connectivity index (χ4v) is 4.95. The molecule has 1 aliphatic rings. The van der Waals surface area contributed by atoms with Gasteiger partial charge in [0.05, 0.1) is 14.9 Å². The number of rotatable bonds is 3. The van der Waals surface area contributed by atoms with E-state index in [0.29, 0.717) is 24.7 Å². The van der Waals surface area contributed by atoms with Gasteiger partial charge in [0.2, 0.25) is 10.0 Å². The highest BCUT2D eigenvalue weighted by Gasteiger charge is 2.32. The third-order valence-electron chi connectivity index (χ3n) is 4.48. The number of sulfonamides is 1. The maximum absolute atomic E-state index is 12.9. The van der Waals surface area contributed by atoms with Crippen molar-refractivity contribution in [3.8, 4) is 0 Å². The van der Waals surface area contributed by atoms with Gasteiger partial charge in [0.15, 0.2) is 0 Å². The molecule has 0 amide bonds. The maximum Gasteiger partial charge on any atom is 0.243 e. The molecule has 0 spiro atoms. The molecule has 0 aliphatic carbocycles. The lowest BCUT2D eigenvalue weighted by Gasteiger charge is -2.40. The van der Waals surface area contributed by atoms with Crippen molar-refractivity contribution < 1.29 is 8.42 Å². The summed E-state index contributed by atoms with van der Waals surface area (Å²) >= 11 is 11.9. The van der Waals surface area contributed by atoms with Crippen LogP contribution in [0, 0.1) is 6.92 Å². The summed E-state index contributed by atoms with van der Waals surface area (Å²) in [6.45, 7) is 5.59. The Bertz CT molecular complexity index is 869. The molecule has 1 aliphatic heterocycles. The van der Waals surface area contributed by atoms with Crippen LogP contribution >= 0.6 is 23.2 Å². The topological polar surface area (TPSA) is 40.6 Å². The Labute approximate surface area is 159 Å². The molecule has 1 saturated heterocycles. The quantitative estimate of drug-likeness (QED) is 0.777. The summed E-state index contributed by atoms with van der Waals surface area (Å²) in [4.78, 5) is 2.42. The van der Waals surface area contributed by atoms with Gasteiger partial charge < -0.3 is 4.90 Å². The number of aryl methyl sites for hydroxylation is 1. The predicted octanol–water partition coefficient (Wildman–Crippen LogP) is 4.20. The van der Waals surface area contributed by atoms with Gasteiger partial charge >= 0.3 is 0 Å². The molecule has 7 heteroatoms. The molecule has 0 saturated carbocycles. The summed E-state index contributed by atoms with van der Waals surface area (Å²) in [6, 6.07) is 12.8. The fourth-order valence-electron chi connectivity index (χ4n) is 3.05. The molecule has 25 heavy (non-hydrogen) atoms. The van der Waals surface area contributed by atoms with Crippen molar-refractivity contribution in [2.75, 3.05) is 24.5 Å². The summed E-state index contributed by atoms with van der Waals surface area (Å²) in [5, 5.41) is 0.590. The number of hydrogen-bond acceptors (Lipinski definition) is 3. The molecule has 0 radical (unpaired) electrons. The van der Waals surface area contributed by atoms with E-state index in [9.17, 15) is 8.42 Å². The molecule has 2 aromatic carbocycles. The van der Waals surface area contributed by atoms with Crippen LogP contribution in [0.4, 0.5) is 5.69 Å². The van der Waals surface area contributed by atoms with Crippen molar-refractivity contribution in [1.82, 2.24) is 4.31 Å². The summed E-state index contributed by atoms with van der Waals surface area (Å²) in [5.41, 5.74) is 2.32. The largest absolute Gasteiger partial charge is 0.366 e. The molecule has 1 heterocycles. The zero-order valence-electron chi connectivity index (χ0n) is 14.1. The van der Waals surface area contributed by atoms with Gasteiger partial charge in [-0.05, 0) is 44.2 Å². The van der Waals surface area contributed by atoms with Crippen LogP contribution in [0.5, 0.6) is 0 Å². The van der Waals surface area contributed by atoms with Gasteiger partial charge in [-0.25, -0.2) is 8.42 Å². The van der Waals surface area contributed by atoms with Crippen LogP contribution in [0.3, 0.4) is 0 Å². The van der Waals surface area contributed by atoms with E-state index in [1.165, 1.54) is 28.1 Å². The molecular formula is C18H20Cl2N2O2S. The molecule has 0 aromatic heterocycles. The minimum absolute atomic E-state index is 0.0778. The third-order valence-corrected chi connectivity index (χ3v) is 7.08. The monoisotopic (exact) mass is 398 g/mol.